The van der Waals surface area contributed by atoms with Gasteiger partial charge in [0.25, 0.3) is 10.1 Å². The van der Waals surface area contributed by atoms with Gasteiger partial charge in [-0.1, -0.05) is 19.9 Å². The molecule has 1 aromatic carbocycles. The third-order valence-corrected chi connectivity index (χ3v) is 4.62. The van der Waals surface area contributed by atoms with Gasteiger partial charge in [-0.3, -0.25) is 4.55 Å². The van der Waals surface area contributed by atoms with Gasteiger partial charge < -0.3 is 0 Å². The van der Waals surface area contributed by atoms with Crippen LogP contribution in [-0.4, -0.2) is 13.0 Å². The molecule has 0 fully saturated rings. The molecule has 0 bridgehead atoms. The van der Waals surface area contributed by atoms with Crippen molar-refractivity contribution in [1.29, 1.82) is 0 Å². The first-order chi connectivity index (χ1) is 7.93. The summed E-state index contributed by atoms with van der Waals surface area (Å²) in [5.74, 6) is 0.895. The van der Waals surface area contributed by atoms with Crippen LogP contribution < -0.4 is 0 Å². The zero-order chi connectivity index (χ0) is 12.6. The smallest absolute Gasteiger partial charge is 0.282 e. The third-order valence-electron chi connectivity index (χ3n) is 3.77. The zero-order valence-corrected chi connectivity index (χ0v) is 11.0. The number of hydrogen-bond donors (Lipinski definition) is 1. The van der Waals surface area contributed by atoms with E-state index in [1.54, 1.807) is 6.07 Å². The maximum atomic E-state index is 11.2. The summed E-state index contributed by atoms with van der Waals surface area (Å²) in [7, 11) is -4.09. The van der Waals surface area contributed by atoms with Gasteiger partial charge in [0, 0.05) is 0 Å². The van der Waals surface area contributed by atoms with Crippen LogP contribution in [0.4, 0.5) is 0 Å². The highest BCUT2D eigenvalue weighted by Crippen LogP contribution is 2.40. The average molecular weight is 254 g/mol. The standard InChI is InChI=1S/C13H18O3S/c1-3-10-5-4-9(2)12-7-6-11(8-13(10)12)17(14,15)16/h6-10H,3-5H2,1-2H3,(H,14,15,16). The molecule has 0 saturated carbocycles. The molecule has 4 heteroatoms. The summed E-state index contributed by atoms with van der Waals surface area (Å²) in [4.78, 5) is 0.0174. The summed E-state index contributed by atoms with van der Waals surface area (Å²) in [6, 6.07) is 5.00. The SMILES string of the molecule is CCC1CCC(C)c2ccc(S(=O)(=O)O)cc21. The lowest BCUT2D eigenvalue weighted by molar-refractivity contribution is 0.477. The summed E-state index contributed by atoms with van der Waals surface area (Å²) < 4.78 is 31.4. The van der Waals surface area contributed by atoms with Crippen LogP contribution in [0.3, 0.4) is 0 Å². The second-order valence-electron chi connectivity index (χ2n) is 4.85. The molecule has 17 heavy (non-hydrogen) atoms. The highest BCUT2D eigenvalue weighted by atomic mass is 32.2. The molecule has 3 nitrogen and oxygen atoms in total. The van der Waals surface area contributed by atoms with E-state index >= 15 is 0 Å². The molecule has 1 aromatic rings. The van der Waals surface area contributed by atoms with Crippen LogP contribution in [0.1, 0.15) is 56.1 Å². The first kappa shape index (κ1) is 12.6. The number of benzene rings is 1. The highest BCUT2D eigenvalue weighted by Gasteiger charge is 2.25. The fourth-order valence-electron chi connectivity index (χ4n) is 2.70. The molecule has 0 aromatic heterocycles. The number of fused-ring (bicyclic) bond motifs is 1. The second-order valence-corrected chi connectivity index (χ2v) is 6.27. The summed E-state index contributed by atoms with van der Waals surface area (Å²) in [5, 5.41) is 0. The molecular formula is C13H18O3S. The number of hydrogen-bond acceptors (Lipinski definition) is 2. The molecule has 94 valence electrons. The van der Waals surface area contributed by atoms with E-state index in [-0.39, 0.29) is 4.90 Å². The van der Waals surface area contributed by atoms with Crippen molar-refractivity contribution in [3.05, 3.63) is 29.3 Å². The molecule has 2 unspecified atom stereocenters. The predicted octanol–water partition coefficient (Wildman–Crippen LogP) is 3.32. The first-order valence-electron chi connectivity index (χ1n) is 6.04. The van der Waals surface area contributed by atoms with Crippen molar-refractivity contribution in [3.63, 3.8) is 0 Å². The molecule has 0 amide bonds. The Labute approximate surface area is 103 Å². The topological polar surface area (TPSA) is 54.4 Å². The average Bonchev–Trinajstić information content (AvgIpc) is 2.28. The normalized spacial score (nSPS) is 24.4. The summed E-state index contributed by atoms with van der Waals surface area (Å²) in [6.07, 6.45) is 3.25. The van der Waals surface area contributed by atoms with Gasteiger partial charge in [0.05, 0.1) is 4.90 Å². The molecule has 1 aliphatic rings. The molecule has 0 aliphatic heterocycles. The first-order valence-corrected chi connectivity index (χ1v) is 7.48. The van der Waals surface area contributed by atoms with Crippen LogP contribution in [0.5, 0.6) is 0 Å². The van der Waals surface area contributed by atoms with Crippen LogP contribution in [0.25, 0.3) is 0 Å². The van der Waals surface area contributed by atoms with E-state index in [9.17, 15) is 8.42 Å². The Morgan fingerprint density at radius 2 is 2.00 bits per heavy atom. The maximum Gasteiger partial charge on any atom is 0.294 e. The Morgan fingerprint density at radius 3 is 2.59 bits per heavy atom. The van der Waals surface area contributed by atoms with E-state index in [0.29, 0.717) is 11.8 Å². The Bertz CT molecular complexity index is 519. The van der Waals surface area contributed by atoms with Crippen LogP contribution in [-0.2, 0) is 10.1 Å². The van der Waals surface area contributed by atoms with Gasteiger partial charge >= 0.3 is 0 Å². The highest BCUT2D eigenvalue weighted by molar-refractivity contribution is 7.85. The van der Waals surface area contributed by atoms with E-state index in [4.69, 9.17) is 4.55 Å². The fraction of sp³-hybridized carbons (Fsp3) is 0.538. The lowest BCUT2D eigenvalue weighted by Gasteiger charge is -2.29. The fourth-order valence-corrected chi connectivity index (χ4v) is 3.22. The van der Waals surface area contributed by atoms with Gasteiger partial charge in [0.2, 0.25) is 0 Å². The molecule has 2 atom stereocenters. The van der Waals surface area contributed by atoms with Gasteiger partial charge in [-0.15, -0.1) is 0 Å². The van der Waals surface area contributed by atoms with Gasteiger partial charge in [-0.2, -0.15) is 8.42 Å². The van der Waals surface area contributed by atoms with Crippen molar-refractivity contribution in [3.8, 4) is 0 Å². The number of rotatable bonds is 2. The second kappa shape index (κ2) is 4.42. The van der Waals surface area contributed by atoms with Crippen LogP contribution in [0.2, 0.25) is 0 Å². The maximum absolute atomic E-state index is 11.2. The molecule has 2 rings (SSSR count). The van der Waals surface area contributed by atoms with Crippen LogP contribution in [0.15, 0.2) is 23.1 Å². The molecular weight excluding hydrogens is 236 g/mol. The molecule has 0 heterocycles. The van der Waals surface area contributed by atoms with Gasteiger partial charge in [-0.05, 0) is 54.4 Å². The Hall–Kier alpha value is -0.870. The monoisotopic (exact) mass is 254 g/mol. The Morgan fingerprint density at radius 1 is 1.29 bits per heavy atom. The van der Waals surface area contributed by atoms with E-state index < -0.39 is 10.1 Å². The largest absolute Gasteiger partial charge is 0.294 e. The van der Waals surface area contributed by atoms with E-state index in [2.05, 4.69) is 13.8 Å². The van der Waals surface area contributed by atoms with Crippen molar-refractivity contribution < 1.29 is 13.0 Å². The van der Waals surface area contributed by atoms with E-state index in [1.807, 2.05) is 6.07 Å². The van der Waals surface area contributed by atoms with E-state index in [1.165, 1.54) is 11.6 Å². The predicted molar refractivity (Wildman–Crippen MR) is 66.9 cm³/mol. The van der Waals surface area contributed by atoms with E-state index in [0.717, 1.165) is 24.8 Å². The molecule has 1 aliphatic carbocycles. The third kappa shape index (κ3) is 2.38. The molecule has 0 radical (unpaired) electrons. The molecule has 1 N–H and O–H groups in total. The van der Waals surface area contributed by atoms with Gasteiger partial charge in [0.1, 0.15) is 0 Å². The molecule has 0 saturated heterocycles. The Balaban J connectivity index is 2.55. The molecule has 0 spiro atoms. The minimum absolute atomic E-state index is 0.0174. The minimum Gasteiger partial charge on any atom is -0.282 e. The summed E-state index contributed by atoms with van der Waals surface area (Å²) in [6.45, 7) is 4.28. The van der Waals surface area contributed by atoms with Gasteiger partial charge in [0.15, 0.2) is 0 Å². The van der Waals surface area contributed by atoms with Crippen molar-refractivity contribution in [2.45, 2.75) is 49.8 Å². The lowest BCUT2D eigenvalue weighted by atomic mass is 9.76. The van der Waals surface area contributed by atoms with Crippen molar-refractivity contribution in [2.75, 3.05) is 0 Å². The van der Waals surface area contributed by atoms with Crippen molar-refractivity contribution in [1.82, 2.24) is 0 Å². The Kier molecular flexibility index (Phi) is 3.27. The summed E-state index contributed by atoms with van der Waals surface area (Å²) in [5.41, 5.74) is 2.33. The van der Waals surface area contributed by atoms with Crippen molar-refractivity contribution >= 4 is 10.1 Å². The zero-order valence-electron chi connectivity index (χ0n) is 10.2. The lowest BCUT2D eigenvalue weighted by Crippen LogP contribution is -2.13. The van der Waals surface area contributed by atoms with Crippen molar-refractivity contribution in [2.24, 2.45) is 0 Å². The minimum atomic E-state index is -4.09. The van der Waals surface area contributed by atoms with Gasteiger partial charge in [-0.25, -0.2) is 0 Å². The quantitative estimate of drug-likeness (QED) is 0.824. The van der Waals surface area contributed by atoms with Crippen LogP contribution >= 0.6 is 0 Å². The van der Waals surface area contributed by atoms with Crippen LogP contribution in [0, 0.1) is 0 Å². The summed E-state index contributed by atoms with van der Waals surface area (Å²) >= 11 is 0.